The summed E-state index contributed by atoms with van der Waals surface area (Å²) < 4.78 is 0. The molecule has 3 aromatic rings. The molecule has 0 radical (unpaired) electrons. The summed E-state index contributed by atoms with van der Waals surface area (Å²) in [6, 6.07) is 17.1. The van der Waals surface area contributed by atoms with Crippen molar-refractivity contribution in [3.8, 4) is 0 Å². The van der Waals surface area contributed by atoms with Crippen LogP contribution >= 0.6 is 0 Å². The van der Waals surface area contributed by atoms with E-state index in [0.717, 1.165) is 24.4 Å². The smallest absolute Gasteiger partial charge is 0.223 e. The molecule has 138 valence electrons. The zero-order chi connectivity index (χ0) is 18.8. The van der Waals surface area contributed by atoms with Gasteiger partial charge in [-0.2, -0.15) is 0 Å². The van der Waals surface area contributed by atoms with Gasteiger partial charge < -0.3 is 9.88 Å². The number of hydrogen-bond donors (Lipinski definition) is 1. The molecule has 0 spiro atoms. The van der Waals surface area contributed by atoms with E-state index in [2.05, 4.69) is 58.5 Å². The molecule has 0 saturated carbocycles. The summed E-state index contributed by atoms with van der Waals surface area (Å²) in [5, 5.41) is 0. The summed E-state index contributed by atoms with van der Waals surface area (Å²) in [4.78, 5) is 22.3. The Labute approximate surface area is 160 Å². The maximum Gasteiger partial charge on any atom is 0.223 e. The molecule has 0 bridgehead atoms. The normalized spacial score (nSPS) is 13.6. The molecule has 1 amide bonds. The first-order chi connectivity index (χ1) is 13.1. The van der Waals surface area contributed by atoms with Gasteiger partial charge in [-0.1, -0.05) is 48.5 Å². The van der Waals surface area contributed by atoms with Gasteiger partial charge in [0.05, 0.1) is 6.54 Å². The van der Waals surface area contributed by atoms with Crippen molar-refractivity contribution in [2.45, 2.75) is 38.6 Å². The van der Waals surface area contributed by atoms with Crippen LogP contribution in [-0.4, -0.2) is 27.8 Å². The Morgan fingerprint density at radius 1 is 1.07 bits per heavy atom. The molecule has 1 N–H and O–H groups in total. The highest BCUT2D eigenvalue weighted by atomic mass is 16.2. The molecule has 0 atom stereocenters. The first-order valence-electron chi connectivity index (χ1n) is 9.52. The Hall–Kier alpha value is -2.88. The number of amides is 1. The van der Waals surface area contributed by atoms with Crippen molar-refractivity contribution < 1.29 is 4.79 Å². The lowest BCUT2D eigenvalue weighted by Gasteiger charge is -2.23. The van der Waals surface area contributed by atoms with Gasteiger partial charge in [-0.25, -0.2) is 4.98 Å². The molecule has 27 heavy (non-hydrogen) atoms. The predicted molar refractivity (Wildman–Crippen MR) is 107 cm³/mol. The van der Waals surface area contributed by atoms with Crippen LogP contribution in [0.5, 0.6) is 0 Å². The predicted octanol–water partition coefficient (Wildman–Crippen LogP) is 4.00. The van der Waals surface area contributed by atoms with Crippen molar-refractivity contribution in [3.63, 3.8) is 0 Å². The lowest BCUT2D eigenvalue weighted by atomic mass is 9.85. The van der Waals surface area contributed by atoms with Crippen molar-refractivity contribution >= 4 is 5.91 Å². The van der Waals surface area contributed by atoms with Crippen molar-refractivity contribution in [1.82, 2.24) is 14.9 Å². The number of aromatic amines is 1. The molecule has 0 aliphatic heterocycles. The van der Waals surface area contributed by atoms with Gasteiger partial charge in [0.25, 0.3) is 0 Å². The first kappa shape index (κ1) is 17.5. The quantitative estimate of drug-likeness (QED) is 0.765. The third kappa shape index (κ3) is 3.65. The molecule has 0 fully saturated rings. The lowest BCUT2D eigenvalue weighted by Crippen LogP contribution is -2.28. The lowest BCUT2D eigenvalue weighted by molar-refractivity contribution is -0.130. The van der Waals surface area contributed by atoms with Crippen molar-refractivity contribution in [1.29, 1.82) is 0 Å². The Bertz CT molecular complexity index is 912. The van der Waals surface area contributed by atoms with Gasteiger partial charge in [0.15, 0.2) is 0 Å². The Morgan fingerprint density at radius 2 is 1.67 bits per heavy atom. The number of carbonyl (C=O) groups is 1. The zero-order valence-corrected chi connectivity index (χ0v) is 15.9. The fraction of sp³-hybridized carbons (Fsp3) is 0.304. The average molecular weight is 359 g/mol. The molecule has 1 aliphatic rings. The minimum atomic E-state index is 0.105. The van der Waals surface area contributed by atoms with Crippen molar-refractivity contribution in [2.24, 2.45) is 0 Å². The van der Waals surface area contributed by atoms with Crippen LogP contribution in [0.1, 0.15) is 46.1 Å². The van der Waals surface area contributed by atoms with Gasteiger partial charge in [-0.3, -0.25) is 4.79 Å². The monoisotopic (exact) mass is 359 g/mol. The van der Waals surface area contributed by atoms with E-state index in [4.69, 9.17) is 0 Å². The van der Waals surface area contributed by atoms with Crippen LogP contribution in [0.3, 0.4) is 0 Å². The van der Waals surface area contributed by atoms with Crippen LogP contribution in [0.2, 0.25) is 0 Å². The van der Waals surface area contributed by atoms with E-state index in [9.17, 15) is 4.79 Å². The largest absolute Gasteiger partial charge is 0.345 e. The summed E-state index contributed by atoms with van der Waals surface area (Å²) in [7, 11) is 1.86. The second-order valence-corrected chi connectivity index (χ2v) is 7.42. The Kier molecular flexibility index (Phi) is 4.80. The minimum absolute atomic E-state index is 0.105. The number of benzene rings is 2. The molecule has 1 aromatic heterocycles. The van der Waals surface area contributed by atoms with Gasteiger partial charge >= 0.3 is 0 Å². The number of rotatable bonds is 4. The Morgan fingerprint density at radius 3 is 2.22 bits per heavy atom. The number of aromatic nitrogens is 2. The number of carbonyl (C=O) groups excluding carboxylic acids is 1. The molecule has 4 rings (SSSR count). The number of imidazole rings is 1. The highest BCUT2D eigenvalue weighted by Gasteiger charge is 2.26. The minimum Gasteiger partial charge on any atom is -0.345 e. The second kappa shape index (κ2) is 7.39. The summed E-state index contributed by atoms with van der Waals surface area (Å²) in [5.74, 6) is 1.07. The van der Waals surface area contributed by atoms with E-state index in [1.54, 1.807) is 11.1 Å². The fourth-order valence-electron chi connectivity index (χ4n) is 4.05. The van der Waals surface area contributed by atoms with Crippen molar-refractivity contribution in [2.75, 3.05) is 7.05 Å². The van der Waals surface area contributed by atoms with E-state index in [1.807, 2.05) is 14.0 Å². The molecule has 0 saturated heterocycles. The second-order valence-electron chi connectivity index (χ2n) is 7.42. The topological polar surface area (TPSA) is 49.0 Å². The Balaban J connectivity index is 1.61. The van der Waals surface area contributed by atoms with Gasteiger partial charge in [-0.15, -0.1) is 0 Å². The number of nitrogens with one attached hydrogen (secondary N) is 1. The van der Waals surface area contributed by atoms with Crippen LogP contribution in [0.15, 0.2) is 54.7 Å². The zero-order valence-electron chi connectivity index (χ0n) is 15.9. The molecule has 1 heterocycles. The SMILES string of the molecule is Cc1cnc(CN(C)C(=O)CC2c3ccccc3CCc3ccccc32)[nH]1. The van der Waals surface area contributed by atoms with Crippen molar-refractivity contribution in [3.05, 3.63) is 88.5 Å². The van der Waals surface area contributed by atoms with Gasteiger partial charge in [0.1, 0.15) is 5.82 Å². The molecule has 4 heteroatoms. The number of nitrogens with zero attached hydrogens (tertiary/aromatic N) is 2. The highest BCUT2D eigenvalue weighted by molar-refractivity contribution is 5.77. The molecule has 2 aromatic carbocycles. The number of fused-ring (bicyclic) bond motifs is 2. The molecular weight excluding hydrogens is 334 g/mol. The fourth-order valence-corrected chi connectivity index (χ4v) is 4.05. The van der Waals surface area contributed by atoms with Crippen LogP contribution in [0.25, 0.3) is 0 Å². The van der Waals surface area contributed by atoms with Crippen LogP contribution in [0.4, 0.5) is 0 Å². The van der Waals surface area contributed by atoms with Gasteiger partial charge in [0, 0.05) is 31.3 Å². The van der Waals surface area contributed by atoms with E-state index in [-0.39, 0.29) is 11.8 Å². The summed E-state index contributed by atoms with van der Waals surface area (Å²) >= 11 is 0. The first-order valence-corrected chi connectivity index (χ1v) is 9.52. The van der Waals surface area contributed by atoms with Gasteiger partial charge in [-0.05, 0) is 42.0 Å². The summed E-state index contributed by atoms with van der Waals surface area (Å²) in [5.41, 5.74) is 6.31. The third-order valence-electron chi connectivity index (χ3n) is 5.47. The van der Waals surface area contributed by atoms with Crippen LogP contribution in [-0.2, 0) is 24.2 Å². The summed E-state index contributed by atoms with van der Waals surface area (Å²) in [6.45, 7) is 2.47. The molecule has 0 unspecified atom stereocenters. The standard InChI is InChI=1S/C23H25N3O/c1-16-14-24-22(25-16)15-26(2)23(27)13-21-19-9-5-3-7-17(19)11-12-18-8-4-6-10-20(18)21/h3-10,14,21H,11-13,15H2,1-2H3,(H,24,25). The maximum atomic E-state index is 13.0. The average Bonchev–Trinajstić information content (AvgIpc) is 3.02. The maximum absolute atomic E-state index is 13.0. The number of H-pyrrole nitrogens is 1. The van der Waals surface area contributed by atoms with Crippen LogP contribution in [0, 0.1) is 6.92 Å². The summed E-state index contributed by atoms with van der Waals surface area (Å²) in [6.07, 6.45) is 4.33. The van der Waals surface area contributed by atoms with E-state index < -0.39 is 0 Å². The number of aryl methyl sites for hydroxylation is 3. The van der Waals surface area contributed by atoms with Crippen LogP contribution < -0.4 is 0 Å². The molecular formula is C23H25N3O. The van der Waals surface area contributed by atoms with Gasteiger partial charge in [0.2, 0.25) is 5.91 Å². The molecule has 4 nitrogen and oxygen atoms in total. The van der Waals surface area contributed by atoms with E-state index in [1.165, 1.54) is 22.3 Å². The van der Waals surface area contributed by atoms with E-state index in [0.29, 0.717) is 13.0 Å². The van der Waals surface area contributed by atoms with E-state index >= 15 is 0 Å². The molecule has 1 aliphatic carbocycles. The third-order valence-corrected chi connectivity index (χ3v) is 5.47. The highest BCUT2D eigenvalue weighted by Crippen LogP contribution is 2.36. The number of hydrogen-bond acceptors (Lipinski definition) is 2.